The lowest BCUT2D eigenvalue weighted by molar-refractivity contribution is -0.115. The Bertz CT molecular complexity index is 1310. The van der Waals surface area contributed by atoms with Crippen LogP contribution in [0, 0.1) is 17.0 Å². The smallest absolute Gasteiger partial charge is 0.377 e. The third-order valence-electron chi connectivity index (χ3n) is 6.13. The zero-order chi connectivity index (χ0) is 24.9. The number of carbonyl (C=O) groups is 1. The van der Waals surface area contributed by atoms with Crippen molar-refractivity contribution in [3.63, 3.8) is 0 Å². The summed E-state index contributed by atoms with van der Waals surface area (Å²) in [6.07, 6.45) is 0.0761. The van der Waals surface area contributed by atoms with Gasteiger partial charge in [-0.15, -0.1) is 0 Å². The van der Waals surface area contributed by atoms with Crippen LogP contribution in [0.4, 0.5) is 27.6 Å². The second-order valence-electron chi connectivity index (χ2n) is 8.44. The van der Waals surface area contributed by atoms with Crippen LogP contribution >= 0.6 is 0 Å². The van der Waals surface area contributed by atoms with E-state index < -0.39 is 30.3 Å². The second-order valence-corrected chi connectivity index (χ2v) is 8.44. The summed E-state index contributed by atoms with van der Waals surface area (Å²) in [7, 11) is 0. The normalized spacial score (nSPS) is 19.9. The van der Waals surface area contributed by atoms with Gasteiger partial charge in [-0.3, -0.25) is 19.6 Å². The average molecular weight is 494 g/mol. The van der Waals surface area contributed by atoms with Crippen LogP contribution in [-0.4, -0.2) is 68.9 Å². The number of alkyl halides is 3. The molecule has 3 aromatic rings. The molecule has 2 saturated heterocycles. The Morgan fingerprint density at radius 1 is 1.14 bits per heavy atom. The highest BCUT2D eigenvalue weighted by Crippen LogP contribution is 2.31. The van der Waals surface area contributed by atoms with Crippen molar-refractivity contribution in [2.75, 3.05) is 25.1 Å². The minimum absolute atomic E-state index is 0.0689. The number of rotatable bonds is 5. The molecule has 0 spiro atoms. The van der Waals surface area contributed by atoms with E-state index in [1.807, 2.05) is 0 Å². The lowest BCUT2D eigenvalue weighted by Crippen LogP contribution is -2.49. The second kappa shape index (κ2) is 8.56. The summed E-state index contributed by atoms with van der Waals surface area (Å²) in [6, 6.07) is 1.54. The topological polar surface area (TPSA) is 95.6 Å². The van der Waals surface area contributed by atoms with E-state index in [0.717, 1.165) is 41.9 Å². The monoisotopic (exact) mass is 494 g/mol. The Balaban J connectivity index is 1.53. The van der Waals surface area contributed by atoms with Gasteiger partial charge in [-0.2, -0.15) is 13.2 Å². The molecule has 2 N–H and O–H groups in total. The van der Waals surface area contributed by atoms with Crippen LogP contribution in [0.3, 0.4) is 0 Å². The number of aromatic nitrogens is 3. The van der Waals surface area contributed by atoms with Crippen molar-refractivity contribution in [1.82, 2.24) is 19.3 Å². The van der Waals surface area contributed by atoms with E-state index in [1.54, 1.807) is 4.90 Å². The predicted molar refractivity (Wildman–Crippen MR) is 114 cm³/mol. The maximum Gasteiger partial charge on any atom is 0.405 e. The van der Waals surface area contributed by atoms with Crippen LogP contribution in [0.25, 0.3) is 5.65 Å². The van der Waals surface area contributed by atoms with Crippen molar-refractivity contribution in [1.29, 1.82) is 5.41 Å². The maximum atomic E-state index is 14.0. The summed E-state index contributed by atoms with van der Waals surface area (Å²) in [5, 5.41) is 10.8. The van der Waals surface area contributed by atoms with Crippen molar-refractivity contribution in [2.24, 2.45) is 0 Å². The Morgan fingerprint density at radius 3 is 2.54 bits per heavy atom. The Labute approximate surface area is 195 Å². The highest BCUT2D eigenvalue weighted by molar-refractivity contribution is 6.13. The fourth-order valence-electron chi connectivity index (χ4n) is 4.54. The third kappa shape index (κ3) is 4.31. The van der Waals surface area contributed by atoms with Gasteiger partial charge in [0.2, 0.25) is 0 Å². The van der Waals surface area contributed by atoms with Gasteiger partial charge >= 0.3 is 6.18 Å². The van der Waals surface area contributed by atoms with Gasteiger partial charge in [0.15, 0.2) is 11.5 Å². The minimum atomic E-state index is -4.58. The van der Waals surface area contributed by atoms with Crippen molar-refractivity contribution in [2.45, 2.75) is 31.1 Å². The van der Waals surface area contributed by atoms with Crippen molar-refractivity contribution in [3.05, 3.63) is 59.3 Å². The van der Waals surface area contributed by atoms with Crippen molar-refractivity contribution >= 4 is 23.0 Å². The average Bonchev–Trinajstić information content (AvgIpc) is 3.33. The first-order valence-electron chi connectivity index (χ1n) is 10.7. The number of hydrogen-bond donors (Lipinski definition) is 2. The number of anilines is 1. The number of halogens is 5. The molecule has 184 valence electrons. The van der Waals surface area contributed by atoms with Crippen molar-refractivity contribution in [3.8, 4) is 0 Å². The molecular formula is C22H19F5N6O2. The van der Waals surface area contributed by atoms with Gasteiger partial charge in [-0.1, -0.05) is 0 Å². The molecule has 35 heavy (non-hydrogen) atoms. The van der Waals surface area contributed by atoms with Gasteiger partial charge < -0.3 is 15.0 Å². The summed E-state index contributed by atoms with van der Waals surface area (Å²) in [5.41, 5.74) is -1.05. The molecule has 2 atom stereocenters. The molecule has 0 radical (unpaired) electrons. The molecule has 8 nitrogen and oxygen atoms in total. The Kier molecular flexibility index (Phi) is 5.66. The third-order valence-corrected chi connectivity index (χ3v) is 6.13. The first-order valence-corrected chi connectivity index (χ1v) is 10.7. The minimum Gasteiger partial charge on any atom is -0.377 e. The largest absolute Gasteiger partial charge is 0.405 e. The van der Waals surface area contributed by atoms with Gasteiger partial charge in [0.25, 0.3) is 5.91 Å². The number of amides is 1. The molecule has 0 aliphatic carbocycles. The first-order chi connectivity index (χ1) is 16.6. The van der Waals surface area contributed by atoms with Crippen LogP contribution < -0.4 is 5.32 Å². The van der Waals surface area contributed by atoms with Crippen LogP contribution in [-0.2, 0) is 4.74 Å². The Hall–Kier alpha value is -3.61. The number of carbonyl (C=O) groups excluding carboxylic acids is 1. The van der Waals surface area contributed by atoms with Gasteiger partial charge in [0.1, 0.15) is 18.1 Å². The van der Waals surface area contributed by atoms with E-state index >= 15 is 0 Å². The van der Waals surface area contributed by atoms with E-state index in [2.05, 4.69) is 15.3 Å². The molecule has 0 aromatic carbocycles. The number of hydrogen-bond acceptors (Lipinski definition) is 6. The number of morpholine rings is 1. The number of ether oxygens (including phenoxy) is 1. The summed E-state index contributed by atoms with van der Waals surface area (Å²) in [6.45, 7) is -0.665. The number of nitrogens with zero attached hydrogens (tertiary/aromatic N) is 4. The fraction of sp³-hybridized carbons (Fsp3) is 0.364. The molecule has 2 aliphatic rings. The predicted octanol–water partition coefficient (Wildman–Crippen LogP) is 3.40. The van der Waals surface area contributed by atoms with E-state index in [0.29, 0.717) is 19.3 Å². The first kappa shape index (κ1) is 23.1. The molecule has 2 fully saturated rings. The van der Waals surface area contributed by atoms with E-state index in [-0.39, 0.29) is 46.1 Å². The number of fused-ring (bicyclic) bond motifs is 3. The van der Waals surface area contributed by atoms with Gasteiger partial charge in [-0.25, -0.2) is 13.8 Å². The van der Waals surface area contributed by atoms with Crippen LogP contribution in [0.2, 0.25) is 0 Å². The number of pyridine rings is 2. The molecule has 5 rings (SSSR count). The Morgan fingerprint density at radius 2 is 1.86 bits per heavy atom. The summed E-state index contributed by atoms with van der Waals surface area (Å²) in [4.78, 5) is 22.8. The van der Waals surface area contributed by atoms with Gasteiger partial charge in [0.05, 0.1) is 42.9 Å². The zero-order valence-corrected chi connectivity index (χ0v) is 18.1. The molecule has 5 heterocycles. The highest BCUT2D eigenvalue weighted by Gasteiger charge is 2.41. The quantitative estimate of drug-likeness (QED) is 0.419. The van der Waals surface area contributed by atoms with E-state index in [9.17, 15) is 26.7 Å². The number of nitrogens with one attached hydrogen (secondary N) is 2. The van der Waals surface area contributed by atoms with Crippen molar-refractivity contribution < 1.29 is 31.5 Å². The molecule has 13 heteroatoms. The lowest BCUT2D eigenvalue weighted by Gasteiger charge is -2.34. The van der Waals surface area contributed by atoms with Crippen LogP contribution in [0.1, 0.15) is 34.6 Å². The van der Waals surface area contributed by atoms with Gasteiger partial charge in [0, 0.05) is 29.7 Å². The highest BCUT2D eigenvalue weighted by atomic mass is 19.4. The van der Waals surface area contributed by atoms with Crippen LogP contribution in [0.5, 0.6) is 0 Å². The van der Waals surface area contributed by atoms with Gasteiger partial charge in [-0.05, 0) is 18.9 Å². The molecule has 3 aromatic heterocycles. The molecule has 2 bridgehead atoms. The summed E-state index contributed by atoms with van der Waals surface area (Å²) in [5.74, 6) is -2.32. The van der Waals surface area contributed by atoms with E-state index in [4.69, 9.17) is 10.1 Å². The molecule has 1 amide bonds. The molecule has 2 unspecified atom stereocenters. The molecule has 0 saturated carbocycles. The fourth-order valence-corrected chi connectivity index (χ4v) is 4.54. The number of imidazole rings is 1. The summed E-state index contributed by atoms with van der Waals surface area (Å²) < 4.78 is 73.3. The standard InChI is InChI=1S/C22H19F5N6O2/c23-11-3-15(24)20-30-6-18(32(20)7-11)19(28)14-5-29-17(4-16(14)31-10-22(25,26)27)21(34)33-12-1-2-13(33)9-35-8-12/h3-7,12-13,28H,1-2,8-10H2,(H,29,31). The summed E-state index contributed by atoms with van der Waals surface area (Å²) >= 11 is 0. The van der Waals surface area contributed by atoms with E-state index in [1.165, 1.54) is 0 Å². The molecular weight excluding hydrogens is 475 g/mol. The maximum absolute atomic E-state index is 14.0. The SMILES string of the molecule is N=C(c1cnc(C(=O)N2C3CCC2COC3)cc1NCC(F)(F)F)c1cnc2c(F)cc(F)cn12. The lowest BCUT2D eigenvalue weighted by atomic mass is 10.1. The molecule has 2 aliphatic heterocycles. The van der Waals surface area contributed by atoms with Crippen LogP contribution in [0.15, 0.2) is 30.7 Å². The zero-order valence-electron chi connectivity index (χ0n) is 18.1.